The molecule has 0 aliphatic heterocycles. The highest BCUT2D eigenvalue weighted by molar-refractivity contribution is 6.34. The molecule has 1 amide bonds. The van der Waals surface area contributed by atoms with Gasteiger partial charge in [-0.15, -0.1) is 0 Å². The summed E-state index contributed by atoms with van der Waals surface area (Å²) in [4.78, 5) is 12.6. The zero-order valence-corrected chi connectivity index (χ0v) is 19.3. The van der Waals surface area contributed by atoms with E-state index in [0.717, 1.165) is 22.9 Å². The zero-order valence-electron chi connectivity index (χ0n) is 17.8. The van der Waals surface area contributed by atoms with Crippen molar-refractivity contribution in [3.63, 3.8) is 0 Å². The average molecular weight is 546 g/mol. The molecule has 4 aromatic rings. The van der Waals surface area contributed by atoms with Gasteiger partial charge >= 0.3 is 12.4 Å². The summed E-state index contributed by atoms with van der Waals surface area (Å²) in [7, 11) is 0. The summed E-state index contributed by atoms with van der Waals surface area (Å²) in [6.07, 6.45) is -9.35. The maximum absolute atomic E-state index is 13.4. The summed E-state index contributed by atoms with van der Waals surface area (Å²) in [5.41, 5.74) is -1.79. The van der Waals surface area contributed by atoms with Crippen molar-refractivity contribution in [2.24, 2.45) is 0 Å². The van der Waals surface area contributed by atoms with Gasteiger partial charge < -0.3 is 5.32 Å². The molecule has 1 aromatic heterocycles. The second-order valence-electron chi connectivity index (χ2n) is 7.50. The van der Waals surface area contributed by atoms with E-state index in [2.05, 4.69) is 10.4 Å². The molecule has 3 aromatic carbocycles. The molecule has 0 radical (unpaired) electrons. The van der Waals surface area contributed by atoms with Gasteiger partial charge in [-0.05, 0) is 48.5 Å². The lowest BCUT2D eigenvalue weighted by molar-refractivity contribution is -0.141. The van der Waals surface area contributed by atoms with Crippen molar-refractivity contribution in [2.75, 3.05) is 5.32 Å². The van der Waals surface area contributed by atoms with Gasteiger partial charge in [0.05, 0.1) is 32.7 Å². The molecule has 12 heteroatoms. The Kier molecular flexibility index (Phi) is 6.76. The lowest BCUT2D eigenvalue weighted by Crippen LogP contribution is -2.13. The van der Waals surface area contributed by atoms with Crippen molar-refractivity contribution < 1.29 is 32.6 Å². The molecule has 1 heterocycles. The second kappa shape index (κ2) is 9.51. The van der Waals surface area contributed by atoms with Crippen LogP contribution in [0.25, 0.3) is 16.9 Å². The van der Waals surface area contributed by atoms with Crippen LogP contribution in [-0.2, 0) is 12.4 Å². The minimum Gasteiger partial charge on any atom is -0.321 e. The average Bonchev–Trinajstić information content (AvgIpc) is 3.26. The molecule has 4 nitrogen and oxygen atoms in total. The highest BCUT2D eigenvalue weighted by atomic mass is 35.5. The number of anilines is 1. The highest BCUT2D eigenvalue weighted by Crippen LogP contribution is 2.36. The first kappa shape index (κ1) is 25.6. The van der Waals surface area contributed by atoms with Crippen LogP contribution in [-0.4, -0.2) is 15.7 Å². The van der Waals surface area contributed by atoms with E-state index in [0.29, 0.717) is 6.07 Å². The number of benzene rings is 3. The summed E-state index contributed by atoms with van der Waals surface area (Å²) in [5, 5.41) is 6.04. The molecule has 0 saturated heterocycles. The van der Waals surface area contributed by atoms with Crippen LogP contribution >= 0.6 is 23.2 Å². The Morgan fingerprint density at radius 2 is 1.50 bits per heavy atom. The number of amides is 1. The Bertz CT molecular complexity index is 1440. The smallest absolute Gasteiger partial charge is 0.321 e. The Morgan fingerprint density at radius 3 is 2.11 bits per heavy atom. The number of alkyl halides is 6. The van der Waals surface area contributed by atoms with Gasteiger partial charge in [-0.25, -0.2) is 4.68 Å². The van der Waals surface area contributed by atoms with Crippen LogP contribution in [0.5, 0.6) is 0 Å². The SMILES string of the molecule is O=C(Nc1cc(C(F)(F)F)ccc1Cl)c1ccc(-c2cc(C(F)(F)F)nn2-c2ccccc2Cl)cc1.[HH]. The Labute approximate surface area is 211 Å². The molecule has 0 aliphatic carbocycles. The maximum atomic E-state index is 13.4. The number of hydrogen-bond donors (Lipinski definition) is 1. The van der Waals surface area contributed by atoms with Crippen molar-refractivity contribution in [3.05, 3.63) is 99.7 Å². The fourth-order valence-corrected chi connectivity index (χ4v) is 3.70. The van der Waals surface area contributed by atoms with Crippen molar-refractivity contribution in [3.8, 4) is 16.9 Å². The monoisotopic (exact) mass is 545 g/mol. The van der Waals surface area contributed by atoms with E-state index < -0.39 is 29.5 Å². The Hall–Kier alpha value is -3.50. The third-order valence-corrected chi connectivity index (χ3v) is 5.71. The lowest BCUT2D eigenvalue weighted by atomic mass is 10.1. The van der Waals surface area contributed by atoms with E-state index in [4.69, 9.17) is 23.2 Å². The van der Waals surface area contributed by atoms with E-state index in [1.165, 1.54) is 36.4 Å². The van der Waals surface area contributed by atoms with E-state index >= 15 is 0 Å². The van der Waals surface area contributed by atoms with Crippen LogP contribution in [0.2, 0.25) is 10.0 Å². The summed E-state index contributed by atoms with van der Waals surface area (Å²) >= 11 is 12.1. The minimum absolute atomic E-state index is 0. The van der Waals surface area contributed by atoms with E-state index in [1.54, 1.807) is 12.1 Å². The van der Waals surface area contributed by atoms with Crippen molar-refractivity contribution in [1.29, 1.82) is 0 Å². The van der Waals surface area contributed by atoms with Crippen molar-refractivity contribution >= 4 is 34.8 Å². The number of carbonyl (C=O) groups excluding carboxylic acids is 1. The van der Waals surface area contributed by atoms with Crippen LogP contribution in [0.4, 0.5) is 32.0 Å². The van der Waals surface area contributed by atoms with E-state index in [-0.39, 0.29) is 39.7 Å². The number of carbonyl (C=O) groups is 1. The second-order valence-corrected chi connectivity index (χ2v) is 8.31. The van der Waals surface area contributed by atoms with Gasteiger partial charge in [0.1, 0.15) is 0 Å². The molecule has 0 bridgehead atoms. The molecular formula is C24H15Cl2F6N3O. The molecule has 0 saturated carbocycles. The maximum Gasteiger partial charge on any atom is 0.435 e. The Morgan fingerprint density at radius 1 is 0.833 bits per heavy atom. The summed E-state index contributed by atoms with van der Waals surface area (Å²) in [6, 6.07) is 14.9. The van der Waals surface area contributed by atoms with Gasteiger partial charge in [0, 0.05) is 12.6 Å². The third-order valence-electron chi connectivity index (χ3n) is 5.07. The number of nitrogens with zero attached hydrogens (tertiary/aromatic N) is 2. The van der Waals surface area contributed by atoms with E-state index in [1.807, 2.05) is 0 Å². The van der Waals surface area contributed by atoms with Crippen LogP contribution in [0.3, 0.4) is 0 Å². The highest BCUT2D eigenvalue weighted by Gasteiger charge is 2.35. The fourth-order valence-electron chi connectivity index (χ4n) is 3.32. The predicted molar refractivity (Wildman–Crippen MR) is 126 cm³/mol. The number of halogens is 8. The van der Waals surface area contributed by atoms with Gasteiger partial charge in [-0.3, -0.25) is 4.79 Å². The zero-order chi connectivity index (χ0) is 26.3. The van der Waals surface area contributed by atoms with Crippen LogP contribution in [0.15, 0.2) is 72.8 Å². The quantitative estimate of drug-likeness (QED) is 0.262. The van der Waals surface area contributed by atoms with E-state index in [9.17, 15) is 31.1 Å². The van der Waals surface area contributed by atoms with Gasteiger partial charge in [0.2, 0.25) is 0 Å². The molecule has 36 heavy (non-hydrogen) atoms. The molecule has 1 N–H and O–H groups in total. The van der Waals surface area contributed by atoms with Gasteiger partial charge in [0.15, 0.2) is 5.69 Å². The van der Waals surface area contributed by atoms with Crippen LogP contribution < -0.4 is 5.32 Å². The molecule has 188 valence electrons. The number of hydrogen-bond acceptors (Lipinski definition) is 2. The first-order valence-electron chi connectivity index (χ1n) is 10.1. The normalized spacial score (nSPS) is 12.0. The van der Waals surface area contributed by atoms with Gasteiger partial charge in [-0.2, -0.15) is 31.4 Å². The number of aromatic nitrogens is 2. The number of nitrogens with one attached hydrogen (secondary N) is 1. The molecule has 4 rings (SSSR count). The summed E-state index contributed by atoms with van der Waals surface area (Å²) in [6.45, 7) is 0. The summed E-state index contributed by atoms with van der Waals surface area (Å²) in [5.74, 6) is -0.765. The number of rotatable bonds is 4. The standard InChI is InChI=1S/C24H13Cl2F6N3O.H2/c25-16-10-9-15(23(27,28)29)11-18(16)33-22(36)14-7-5-13(6-8-14)20-12-21(24(30,31)32)34-35(20)19-4-2-1-3-17(19)26;/h1-12H,(H,33,36);1H. The molecule has 0 atom stereocenters. The number of para-hydroxylation sites is 1. The minimum atomic E-state index is -4.72. The topological polar surface area (TPSA) is 46.9 Å². The third kappa shape index (κ3) is 5.34. The fraction of sp³-hybridized carbons (Fsp3) is 0.0833. The lowest BCUT2D eigenvalue weighted by Gasteiger charge is -2.12. The van der Waals surface area contributed by atoms with Crippen molar-refractivity contribution in [2.45, 2.75) is 12.4 Å². The largest absolute Gasteiger partial charge is 0.435 e. The molecule has 0 aliphatic rings. The molecular weight excluding hydrogens is 531 g/mol. The van der Waals surface area contributed by atoms with Gasteiger partial charge in [-0.1, -0.05) is 47.5 Å². The molecule has 0 fully saturated rings. The van der Waals surface area contributed by atoms with Crippen LogP contribution in [0, 0.1) is 0 Å². The van der Waals surface area contributed by atoms with Crippen LogP contribution in [0.1, 0.15) is 23.0 Å². The first-order chi connectivity index (χ1) is 16.8. The predicted octanol–water partition coefficient (Wildman–Crippen LogP) is 8.38. The molecule has 0 unspecified atom stereocenters. The summed E-state index contributed by atoms with van der Waals surface area (Å²) < 4.78 is 80.1. The molecule has 0 spiro atoms. The Balaban J connectivity index is 0.00000380. The first-order valence-corrected chi connectivity index (χ1v) is 10.8. The van der Waals surface area contributed by atoms with Crippen molar-refractivity contribution in [1.82, 2.24) is 9.78 Å². The van der Waals surface area contributed by atoms with Gasteiger partial charge in [0.25, 0.3) is 5.91 Å².